The van der Waals surface area contributed by atoms with Crippen molar-refractivity contribution in [2.75, 3.05) is 6.54 Å². The second-order valence-corrected chi connectivity index (χ2v) is 9.90. The summed E-state index contributed by atoms with van der Waals surface area (Å²) in [5, 5.41) is -0.281. The van der Waals surface area contributed by atoms with E-state index in [9.17, 15) is 18.0 Å². The number of aryl methyl sites for hydroxylation is 1. The molecule has 2 amide bonds. The first-order chi connectivity index (χ1) is 14.8. The maximum Gasteiger partial charge on any atom is 0.256 e. The highest BCUT2D eigenvalue weighted by atomic mass is 32.2. The van der Waals surface area contributed by atoms with Gasteiger partial charge >= 0.3 is 0 Å². The highest BCUT2D eigenvalue weighted by Crippen LogP contribution is 2.29. The molecule has 2 aromatic carbocycles. The fraction of sp³-hybridized carbons (Fsp3) is 0.250. The third-order valence-corrected chi connectivity index (χ3v) is 7.87. The van der Waals surface area contributed by atoms with Gasteiger partial charge in [0.05, 0.1) is 4.90 Å². The minimum Gasteiger partial charge on any atom is -0.361 e. The molecule has 3 aromatic rings. The zero-order valence-electron chi connectivity index (χ0n) is 17.5. The van der Waals surface area contributed by atoms with E-state index in [1.54, 1.807) is 25.1 Å². The van der Waals surface area contributed by atoms with Crippen LogP contribution < -0.4 is 0 Å². The minimum absolute atomic E-state index is 0.0952. The molecular weight excluding hydrogens is 412 g/mol. The zero-order valence-corrected chi connectivity index (χ0v) is 18.3. The van der Waals surface area contributed by atoms with Crippen molar-refractivity contribution in [2.45, 2.75) is 36.8 Å². The lowest BCUT2D eigenvalue weighted by atomic mass is 10.0. The van der Waals surface area contributed by atoms with E-state index >= 15 is 0 Å². The molecule has 6 nitrogen and oxygen atoms in total. The number of carbonyl (C=O) groups excluding carboxylic acids is 2. The maximum absolute atomic E-state index is 13.2. The summed E-state index contributed by atoms with van der Waals surface area (Å²) >= 11 is 0. The number of imide groups is 1. The smallest absolute Gasteiger partial charge is 0.256 e. The Bertz CT molecular complexity index is 1290. The van der Waals surface area contributed by atoms with Gasteiger partial charge in [0.2, 0.25) is 5.91 Å². The summed E-state index contributed by atoms with van der Waals surface area (Å²) in [5.41, 5.74) is 3.22. The number of rotatable bonds is 5. The molecule has 0 bridgehead atoms. The minimum atomic E-state index is -3.92. The Morgan fingerprint density at radius 3 is 2.52 bits per heavy atom. The molecule has 0 aliphatic carbocycles. The number of amides is 2. The van der Waals surface area contributed by atoms with E-state index in [0.717, 1.165) is 26.9 Å². The molecule has 1 fully saturated rings. The van der Waals surface area contributed by atoms with Crippen LogP contribution in [0.5, 0.6) is 0 Å². The third kappa shape index (κ3) is 3.81. The molecule has 1 atom stereocenters. The van der Waals surface area contributed by atoms with Crippen LogP contribution in [0.15, 0.2) is 71.3 Å². The monoisotopic (exact) mass is 436 g/mol. The molecule has 1 aromatic heterocycles. The number of carbonyl (C=O) groups is 2. The summed E-state index contributed by atoms with van der Waals surface area (Å²) in [5.74, 6) is -1.07. The molecule has 7 heteroatoms. The number of nitrogens with one attached hydrogen (secondary N) is 1. The number of allylic oxidation sites excluding steroid dienone is 1. The van der Waals surface area contributed by atoms with Gasteiger partial charge in [0, 0.05) is 35.6 Å². The number of aromatic amines is 1. The summed E-state index contributed by atoms with van der Waals surface area (Å²) in [7, 11) is -3.92. The van der Waals surface area contributed by atoms with Crippen LogP contribution in [0.25, 0.3) is 10.9 Å². The van der Waals surface area contributed by atoms with Gasteiger partial charge in [0.15, 0.2) is 9.84 Å². The SMILES string of the molecule is C/C=C1\CC(S(=O)(=O)c2ccc(C)cc2)C(=O)N(CCc2c[nH]c3ccccc23)C1=O. The average molecular weight is 437 g/mol. The van der Waals surface area contributed by atoms with Crippen molar-refractivity contribution in [2.24, 2.45) is 0 Å². The Morgan fingerprint density at radius 1 is 1.10 bits per heavy atom. The molecule has 1 aliphatic heterocycles. The molecule has 160 valence electrons. The van der Waals surface area contributed by atoms with E-state index in [1.807, 2.05) is 37.4 Å². The largest absolute Gasteiger partial charge is 0.361 e. The number of likely N-dealkylation sites (tertiary alicyclic amines) is 1. The lowest BCUT2D eigenvalue weighted by molar-refractivity contribution is -0.144. The summed E-state index contributed by atoms with van der Waals surface area (Å²) < 4.78 is 26.5. The Hall–Kier alpha value is -3.19. The van der Waals surface area contributed by atoms with E-state index in [4.69, 9.17) is 0 Å². The first kappa shape index (κ1) is 21.1. The van der Waals surface area contributed by atoms with Crippen molar-refractivity contribution < 1.29 is 18.0 Å². The summed E-state index contributed by atoms with van der Waals surface area (Å²) in [6.07, 6.45) is 3.80. The van der Waals surface area contributed by atoms with Gasteiger partial charge in [-0.1, -0.05) is 42.0 Å². The van der Waals surface area contributed by atoms with Crippen LogP contribution in [0.1, 0.15) is 24.5 Å². The fourth-order valence-electron chi connectivity index (χ4n) is 3.98. The van der Waals surface area contributed by atoms with Crippen molar-refractivity contribution in [3.05, 3.63) is 77.5 Å². The number of H-pyrrole nitrogens is 1. The summed E-state index contributed by atoms with van der Waals surface area (Å²) in [6.45, 7) is 3.68. The molecule has 31 heavy (non-hydrogen) atoms. The molecule has 2 heterocycles. The highest BCUT2D eigenvalue weighted by Gasteiger charge is 2.44. The van der Waals surface area contributed by atoms with Crippen molar-refractivity contribution in [1.29, 1.82) is 0 Å². The molecule has 1 saturated heterocycles. The van der Waals surface area contributed by atoms with Gasteiger partial charge < -0.3 is 4.98 Å². The van der Waals surface area contributed by atoms with E-state index in [-0.39, 0.29) is 17.9 Å². The number of piperidine rings is 1. The van der Waals surface area contributed by atoms with Gasteiger partial charge in [0.25, 0.3) is 5.91 Å². The van der Waals surface area contributed by atoms with Crippen LogP contribution in [0.4, 0.5) is 0 Å². The number of benzene rings is 2. The fourth-order valence-corrected chi connectivity index (χ4v) is 5.62. The number of hydrogen-bond acceptors (Lipinski definition) is 4. The standard InChI is InChI=1S/C24H24N2O4S/c1-3-17-14-22(31(29,30)19-10-8-16(2)9-11-19)24(28)26(23(17)27)13-12-18-15-25-21-7-5-4-6-20(18)21/h3-11,15,22,25H,12-14H2,1-2H3/b17-3+. The average Bonchev–Trinajstić information content (AvgIpc) is 3.17. The van der Waals surface area contributed by atoms with E-state index in [1.165, 1.54) is 12.1 Å². The number of fused-ring (bicyclic) bond motifs is 1. The second kappa shape index (κ2) is 8.15. The summed E-state index contributed by atoms with van der Waals surface area (Å²) in [6, 6.07) is 14.2. The molecule has 0 saturated carbocycles. The lowest BCUT2D eigenvalue weighted by Gasteiger charge is -2.32. The van der Waals surface area contributed by atoms with Gasteiger partial charge in [-0.25, -0.2) is 8.42 Å². The zero-order chi connectivity index (χ0) is 22.2. The Morgan fingerprint density at radius 2 is 1.81 bits per heavy atom. The first-order valence-electron chi connectivity index (χ1n) is 10.2. The number of aromatic nitrogens is 1. The van der Waals surface area contributed by atoms with Gasteiger partial charge in [-0.3, -0.25) is 14.5 Å². The van der Waals surface area contributed by atoms with E-state index in [2.05, 4.69) is 4.98 Å². The Balaban J connectivity index is 1.63. The van der Waals surface area contributed by atoms with Crippen LogP contribution in [0.3, 0.4) is 0 Å². The quantitative estimate of drug-likeness (QED) is 0.489. The number of sulfone groups is 1. The normalized spacial score (nSPS) is 18.8. The van der Waals surface area contributed by atoms with Crippen LogP contribution >= 0.6 is 0 Å². The molecule has 4 rings (SSSR count). The first-order valence-corrected chi connectivity index (χ1v) is 11.7. The van der Waals surface area contributed by atoms with Crippen molar-refractivity contribution in [3.8, 4) is 0 Å². The predicted octanol–water partition coefficient (Wildman–Crippen LogP) is 3.57. The van der Waals surface area contributed by atoms with Gasteiger partial charge in [0.1, 0.15) is 5.25 Å². The number of nitrogens with zero attached hydrogens (tertiary/aromatic N) is 1. The van der Waals surface area contributed by atoms with Crippen LogP contribution in [-0.4, -0.2) is 41.9 Å². The van der Waals surface area contributed by atoms with E-state index < -0.39 is 26.9 Å². The van der Waals surface area contributed by atoms with Crippen molar-refractivity contribution in [1.82, 2.24) is 9.88 Å². The van der Waals surface area contributed by atoms with Crippen LogP contribution in [-0.2, 0) is 25.8 Å². The molecule has 1 N–H and O–H groups in total. The second-order valence-electron chi connectivity index (χ2n) is 7.77. The molecule has 0 radical (unpaired) electrons. The maximum atomic E-state index is 13.2. The third-order valence-electron chi connectivity index (χ3n) is 5.82. The molecular formula is C24H24N2O4S. The molecule has 1 aliphatic rings. The number of hydrogen-bond donors (Lipinski definition) is 1. The Labute approximate surface area is 181 Å². The van der Waals surface area contributed by atoms with Gasteiger partial charge in [-0.15, -0.1) is 0 Å². The Kier molecular flexibility index (Phi) is 5.54. The van der Waals surface area contributed by atoms with Crippen molar-refractivity contribution >= 4 is 32.6 Å². The predicted molar refractivity (Wildman–Crippen MR) is 119 cm³/mol. The van der Waals surface area contributed by atoms with Gasteiger partial charge in [-0.2, -0.15) is 0 Å². The topological polar surface area (TPSA) is 87.3 Å². The molecule has 0 spiro atoms. The molecule has 1 unspecified atom stereocenters. The lowest BCUT2D eigenvalue weighted by Crippen LogP contribution is -2.52. The number of para-hydroxylation sites is 1. The summed E-state index contributed by atoms with van der Waals surface area (Å²) in [4.78, 5) is 30.4. The van der Waals surface area contributed by atoms with E-state index in [0.29, 0.717) is 12.0 Å². The van der Waals surface area contributed by atoms with Gasteiger partial charge in [-0.05, 0) is 44.0 Å². The highest BCUT2D eigenvalue weighted by molar-refractivity contribution is 7.92. The van der Waals surface area contributed by atoms with Crippen LogP contribution in [0.2, 0.25) is 0 Å². The van der Waals surface area contributed by atoms with Crippen LogP contribution in [0, 0.1) is 6.92 Å². The van der Waals surface area contributed by atoms with Crippen molar-refractivity contribution in [3.63, 3.8) is 0 Å².